The van der Waals surface area contributed by atoms with Gasteiger partial charge in [0.05, 0.1) is 6.20 Å². The highest BCUT2D eigenvalue weighted by Crippen LogP contribution is 2.34. The summed E-state index contributed by atoms with van der Waals surface area (Å²) < 4.78 is 5.40. The molecule has 1 spiro atoms. The van der Waals surface area contributed by atoms with Crippen molar-refractivity contribution in [2.24, 2.45) is 0 Å². The maximum absolute atomic E-state index is 12.3. The lowest BCUT2D eigenvalue weighted by Gasteiger charge is -2.36. The van der Waals surface area contributed by atoms with E-state index in [1.165, 1.54) is 6.20 Å². The molecule has 2 aliphatic heterocycles. The fourth-order valence-electron chi connectivity index (χ4n) is 2.37. The SMILES string of the molecule is O=C1Nc2cnc(Cl)nc2NC12CCCOCC2. The van der Waals surface area contributed by atoms with Gasteiger partial charge in [-0.3, -0.25) is 4.79 Å². The number of rotatable bonds is 0. The van der Waals surface area contributed by atoms with Gasteiger partial charge in [-0.15, -0.1) is 0 Å². The second-order valence-corrected chi connectivity index (χ2v) is 4.87. The summed E-state index contributed by atoms with van der Waals surface area (Å²) in [6.45, 7) is 1.25. The summed E-state index contributed by atoms with van der Waals surface area (Å²) in [4.78, 5) is 20.2. The van der Waals surface area contributed by atoms with E-state index >= 15 is 0 Å². The number of anilines is 2. The van der Waals surface area contributed by atoms with Gasteiger partial charge in [-0.25, -0.2) is 4.98 Å². The Labute approximate surface area is 109 Å². The van der Waals surface area contributed by atoms with Gasteiger partial charge >= 0.3 is 0 Å². The van der Waals surface area contributed by atoms with Crippen LogP contribution in [0.25, 0.3) is 0 Å². The molecule has 1 atom stereocenters. The standard InChI is InChI=1S/C11H13ClN4O2/c12-10-13-6-7-8(15-10)16-11(9(17)14-7)2-1-4-18-5-3-11/h6H,1-5H2,(H,14,17)(H,13,15,16). The van der Waals surface area contributed by atoms with Gasteiger partial charge in [0, 0.05) is 19.6 Å². The molecule has 2 aliphatic rings. The van der Waals surface area contributed by atoms with Crippen LogP contribution in [0.2, 0.25) is 5.28 Å². The third-order valence-electron chi connectivity index (χ3n) is 3.37. The fraction of sp³-hybridized carbons (Fsp3) is 0.545. The van der Waals surface area contributed by atoms with Crippen molar-refractivity contribution in [3.05, 3.63) is 11.5 Å². The molecule has 1 aromatic rings. The average Bonchev–Trinajstić information content (AvgIpc) is 2.58. The van der Waals surface area contributed by atoms with Gasteiger partial charge < -0.3 is 15.4 Å². The maximum Gasteiger partial charge on any atom is 0.250 e. The Morgan fingerprint density at radius 1 is 1.39 bits per heavy atom. The van der Waals surface area contributed by atoms with E-state index in [-0.39, 0.29) is 11.2 Å². The van der Waals surface area contributed by atoms with Gasteiger partial charge in [-0.2, -0.15) is 4.98 Å². The van der Waals surface area contributed by atoms with Crippen molar-refractivity contribution in [3.63, 3.8) is 0 Å². The first-order valence-corrected chi connectivity index (χ1v) is 6.27. The van der Waals surface area contributed by atoms with E-state index in [1.54, 1.807) is 0 Å². The Kier molecular flexibility index (Phi) is 2.83. The second-order valence-electron chi connectivity index (χ2n) is 4.53. The summed E-state index contributed by atoms with van der Waals surface area (Å²) in [5, 5.41) is 6.21. The number of amides is 1. The fourth-order valence-corrected chi connectivity index (χ4v) is 2.51. The monoisotopic (exact) mass is 268 g/mol. The van der Waals surface area contributed by atoms with Gasteiger partial charge in [0.25, 0.3) is 0 Å². The van der Waals surface area contributed by atoms with Crippen LogP contribution in [0.15, 0.2) is 6.20 Å². The Hall–Kier alpha value is -1.40. The summed E-state index contributed by atoms with van der Waals surface area (Å²) in [5.74, 6) is 0.530. The molecule has 1 unspecified atom stereocenters. The molecule has 0 bridgehead atoms. The van der Waals surface area contributed by atoms with Crippen molar-refractivity contribution in [1.82, 2.24) is 9.97 Å². The molecule has 1 amide bonds. The molecular weight excluding hydrogens is 256 g/mol. The highest BCUT2D eigenvalue weighted by molar-refractivity contribution is 6.28. The quantitative estimate of drug-likeness (QED) is 0.696. The highest BCUT2D eigenvalue weighted by atomic mass is 35.5. The number of halogens is 1. The first-order chi connectivity index (χ1) is 8.70. The lowest BCUT2D eigenvalue weighted by molar-refractivity contribution is -0.121. The van der Waals surface area contributed by atoms with Crippen LogP contribution in [-0.4, -0.2) is 34.6 Å². The van der Waals surface area contributed by atoms with Crippen LogP contribution in [0.3, 0.4) is 0 Å². The number of carbonyl (C=O) groups excluding carboxylic acids is 1. The number of hydrogen-bond donors (Lipinski definition) is 2. The predicted octanol–water partition coefficient (Wildman–Crippen LogP) is 1.43. The van der Waals surface area contributed by atoms with Crippen molar-refractivity contribution in [2.75, 3.05) is 23.8 Å². The average molecular weight is 269 g/mol. The number of aromatic nitrogens is 2. The molecule has 1 aromatic heterocycles. The lowest BCUT2D eigenvalue weighted by atomic mass is 9.88. The molecule has 7 heteroatoms. The summed E-state index contributed by atoms with van der Waals surface area (Å²) in [7, 11) is 0. The Morgan fingerprint density at radius 2 is 2.28 bits per heavy atom. The van der Waals surface area contributed by atoms with Gasteiger partial charge in [0.1, 0.15) is 11.2 Å². The van der Waals surface area contributed by atoms with E-state index < -0.39 is 5.54 Å². The van der Waals surface area contributed by atoms with Crippen LogP contribution in [-0.2, 0) is 9.53 Å². The molecule has 1 saturated heterocycles. The van der Waals surface area contributed by atoms with E-state index in [2.05, 4.69) is 20.6 Å². The minimum absolute atomic E-state index is 0.0496. The minimum atomic E-state index is -0.638. The van der Waals surface area contributed by atoms with Crippen molar-refractivity contribution in [1.29, 1.82) is 0 Å². The van der Waals surface area contributed by atoms with E-state index in [1.807, 2.05) is 0 Å². The minimum Gasteiger partial charge on any atom is -0.381 e. The molecule has 1 fully saturated rings. The Bertz CT molecular complexity index is 486. The zero-order valence-corrected chi connectivity index (χ0v) is 10.5. The largest absolute Gasteiger partial charge is 0.381 e. The molecule has 3 heterocycles. The molecule has 3 rings (SSSR count). The van der Waals surface area contributed by atoms with Crippen molar-refractivity contribution < 1.29 is 9.53 Å². The summed E-state index contributed by atoms with van der Waals surface area (Å²) in [5.41, 5.74) is -0.0681. The van der Waals surface area contributed by atoms with E-state index in [4.69, 9.17) is 16.3 Å². The van der Waals surface area contributed by atoms with Crippen molar-refractivity contribution in [2.45, 2.75) is 24.8 Å². The molecular formula is C11H13ClN4O2. The summed E-state index contributed by atoms with van der Waals surface area (Å²) >= 11 is 5.77. The van der Waals surface area contributed by atoms with Crippen LogP contribution in [0.5, 0.6) is 0 Å². The number of nitrogens with one attached hydrogen (secondary N) is 2. The van der Waals surface area contributed by atoms with Gasteiger partial charge in [0.2, 0.25) is 11.2 Å². The summed E-state index contributed by atoms with van der Waals surface area (Å²) in [6, 6.07) is 0. The van der Waals surface area contributed by atoms with Crippen molar-refractivity contribution in [3.8, 4) is 0 Å². The molecule has 0 aromatic carbocycles. The van der Waals surface area contributed by atoms with Gasteiger partial charge in [-0.05, 0) is 24.4 Å². The first kappa shape index (κ1) is 11.7. The molecule has 0 aliphatic carbocycles. The zero-order valence-electron chi connectivity index (χ0n) is 9.70. The van der Waals surface area contributed by atoms with Gasteiger partial charge in [0.15, 0.2) is 5.82 Å². The van der Waals surface area contributed by atoms with Crippen LogP contribution >= 0.6 is 11.6 Å². The molecule has 2 N–H and O–H groups in total. The maximum atomic E-state index is 12.3. The van der Waals surface area contributed by atoms with Crippen molar-refractivity contribution >= 4 is 29.0 Å². The number of carbonyl (C=O) groups is 1. The lowest BCUT2D eigenvalue weighted by Crippen LogP contribution is -2.53. The molecule has 18 heavy (non-hydrogen) atoms. The van der Waals surface area contributed by atoms with Crippen LogP contribution in [0.1, 0.15) is 19.3 Å². The Morgan fingerprint density at radius 3 is 3.17 bits per heavy atom. The number of nitrogens with zero attached hydrogens (tertiary/aromatic N) is 2. The molecule has 96 valence electrons. The number of fused-ring (bicyclic) bond motifs is 1. The Balaban J connectivity index is 1.96. The summed E-state index contributed by atoms with van der Waals surface area (Å²) in [6.07, 6.45) is 3.70. The smallest absolute Gasteiger partial charge is 0.250 e. The zero-order chi connectivity index (χ0) is 12.6. The number of ether oxygens (including phenoxy) is 1. The van der Waals surface area contributed by atoms with Crippen LogP contribution in [0, 0.1) is 0 Å². The predicted molar refractivity (Wildman–Crippen MR) is 66.7 cm³/mol. The van der Waals surface area contributed by atoms with E-state index in [0.29, 0.717) is 31.1 Å². The highest BCUT2D eigenvalue weighted by Gasteiger charge is 2.42. The molecule has 0 saturated carbocycles. The molecule has 6 nitrogen and oxygen atoms in total. The third-order valence-corrected chi connectivity index (χ3v) is 3.55. The van der Waals surface area contributed by atoms with Gasteiger partial charge in [-0.1, -0.05) is 0 Å². The second kappa shape index (κ2) is 4.37. The topological polar surface area (TPSA) is 76.1 Å². The van der Waals surface area contributed by atoms with Crippen LogP contribution in [0.4, 0.5) is 11.5 Å². The van der Waals surface area contributed by atoms with E-state index in [9.17, 15) is 4.79 Å². The normalized spacial score (nSPS) is 27.1. The van der Waals surface area contributed by atoms with Crippen LogP contribution < -0.4 is 10.6 Å². The first-order valence-electron chi connectivity index (χ1n) is 5.90. The number of hydrogen-bond acceptors (Lipinski definition) is 5. The third kappa shape index (κ3) is 1.91. The van der Waals surface area contributed by atoms with E-state index in [0.717, 1.165) is 12.8 Å². The molecule has 0 radical (unpaired) electrons.